The molecule has 0 saturated heterocycles. The zero-order chi connectivity index (χ0) is 28.6. The maximum atomic E-state index is 13.2. The highest BCUT2D eigenvalue weighted by Crippen LogP contribution is 2.13. The van der Waals surface area contributed by atoms with Crippen LogP contribution in [0.2, 0.25) is 0 Å². The summed E-state index contributed by atoms with van der Waals surface area (Å²) in [7, 11) is 0. The fourth-order valence-corrected chi connectivity index (χ4v) is 3.87. The highest BCUT2D eigenvalue weighted by Gasteiger charge is 2.27. The molecule has 2 aromatic rings. The van der Waals surface area contributed by atoms with Crippen LogP contribution in [0, 0.1) is 0 Å². The molecule has 0 fully saturated rings. The minimum atomic E-state index is -1.07. The van der Waals surface area contributed by atoms with E-state index in [1.54, 1.807) is 60.7 Å². The van der Waals surface area contributed by atoms with Gasteiger partial charge in [-0.05, 0) is 49.9 Å². The number of aliphatic imine (C=N–C) groups is 1. The van der Waals surface area contributed by atoms with Crippen molar-refractivity contribution in [2.45, 2.75) is 37.8 Å². The van der Waals surface area contributed by atoms with Crippen molar-refractivity contribution in [3.8, 4) is 0 Å². The van der Waals surface area contributed by atoms with Gasteiger partial charge in [0.15, 0.2) is 5.96 Å². The lowest BCUT2D eigenvalue weighted by Crippen LogP contribution is -2.52. The van der Waals surface area contributed by atoms with Gasteiger partial charge in [-0.2, -0.15) is 0 Å². The highest BCUT2D eigenvalue weighted by molar-refractivity contribution is 5.97. The first-order valence-corrected chi connectivity index (χ1v) is 12.8. The van der Waals surface area contributed by atoms with Crippen molar-refractivity contribution in [1.29, 1.82) is 0 Å². The maximum absolute atomic E-state index is 13.2. The molecule has 12 heteroatoms. The Hall–Kier alpha value is -4.45. The smallest absolute Gasteiger partial charge is 0.254 e. The van der Waals surface area contributed by atoms with Crippen LogP contribution in [0.3, 0.4) is 0 Å². The predicted molar refractivity (Wildman–Crippen MR) is 149 cm³/mol. The average Bonchev–Trinajstić information content (AvgIpc) is 2.93. The molecule has 0 bridgehead atoms. The van der Waals surface area contributed by atoms with E-state index >= 15 is 0 Å². The number of carbonyl (C=O) groups excluding carboxylic acids is 4. The normalized spacial score (nSPS) is 12.0. The molecule has 0 unspecified atom stereocenters. The monoisotopic (exact) mass is 538 g/mol. The molecule has 2 rings (SSSR count). The quantitative estimate of drug-likeness (QED) is 0.0956. The van der Waals surface area contributed by atoms with Crippen molar-refractivity contribution in [1.82, 2.24) is 15.5 Å². The van der Waals surface area contributed by atoms with E-state index in [1.165, 1.54) is 4.90 Å². The molecule has 2 aromatic carbocycles. The van der Waals surface area contributed by atoms with Gasteiger partial charge in [0.25, 0.3) is 5.91 Å². The second kappa shape index (κ2) is 16.4. The van der Waals surface area contributed by atoms with E-state index in [2.05, 4.69) is 15.6 Å². The fourth-order valence-electron chi connectivity index (χ4n) is 3.87. The minimum absolute atomic E-state index is 0.0650. The number of amides is 4. The Morgan fingerprint density at radius 1 is 0.846 bits per heavy atom. The molecule has 4 amide bonds. The number of carbonyl (C=O) groups is 4. The van der Waals surface area contributed by atoms with Crippen LogP contribution in [0.4, 0.5) is 0 Å². The summed E-state index contributed by atoms with van der Waals surface area (Å²) in [5.74, 6) is -2.25. The number of guanidine groups is 1. The van der Waals surface area contributed by atoms with Gasteiger partial charge in [-0.3, -0.25) is 24.2 Å². The molecule has 0 aliphatic carbocycles. The lowest BCUT2D eigenvalue weighted by atomic mass is 10.0. The third-order valence-corrected chi connectivity index (χ3v) is 5.83. The summed E-state index contributed by atoms with van der Waals surface area (Å²) >= 11 is 0. The van der Waals surface area contributed by atoms with Crippen molar-refractivity contribution in [3.63, 3.8) is 0 Å². The zero-order valence-electron chi connectivity index (χ0n) is 21.9. The van der Waals surface area contributed by atoms with Crippen LogP contribution in [0.15, 0.2) is 65.7 Å². The van der Waals surface area contributed by atoms with Crippen molar-refractivity contribution in [3.05, 3.63) is 71.8 Å². The molecule has 0 radical (unpaired) electrons. The molecule has 39 heavy (non-hydrogen) atoms. The molecule has 210 valence electrons. The topological polar surface area (TPSA) is 212 Å². The second-order valence-corrected chi connectivity index (χ2v) is 8.91. The first-order chi connectivity index (χ1) is 18.7. The summed E-state index contributed by atoms with van der Waals surface area (Å²) in [6, 6.07) is 15.1. The summed E-state index contributed by atoms with van der Waals surface area (Å²) in [5, 5.41) is 5.35. The molecule has 0 spiro atoms. The van der Waals surface area contributed by atoms with Crippen LogP contribution in [0.5, 0.6) is 0 Å². The summed E-state index contributed by atoms with van der Waals surface area (Å²) in [6.45, 7) is 0.611. The molecular formula is C27H38N8O4. The summed E-state index contributed by atoms with van der Waals surface area (Å²) in [4.78, 5) is 56.8. The fraction of sp³-hybridized carbons (Fsp3) is 0.370. The number of primary amides is 1. The van der Waals surface area contributed by atoms with Crippen LogP contribution >= 0.6 is 0 Å². The number of benzene rings is 2. The van der Waals surface area contributed by atoms with Crippen LogP contribution in [0.25, 0.3) is 0 Å². The van der Waals surface area contributed by atoms with E-state index in [-0.39, 0.29) is 37.9 Å². The number of hydrogen-bond donors (Lipinski definition) is 6. The molecule has 0 saturated carbocycles. The maximum Gasteiger partial charge on any atom is 0.254 e. The Morgan fingerprint density at radius 2 is 1.49 bits per heavy atom. The zero-order valence-corrected chi connectivity index (χ0v) is 21.9. The van der Waals surface area contributed by atoms with Crippen LogP contribution < -0.4 is 33.6 Å². The summed E-state index contributed by atoms with van der Waals surface area (Å²) < 4.78 is 0. The van der Waals surface area contributed by atoms with Gasteiger partial charge in [0.2, 0.25) is 17.7 Å². The average molecular weight is 539 g/mol. The number of nitrogens with zero attached hydrogens (tertiary/aromatic N) is 2. The molecule has 10 N–H and O–H groups in total. The standard InChI is InChI=1S/C27H38N8O4/c28-15-8-7-14-21(25(38)34-23(24(29)37)19-10-3-1-4-11-19)33-22(36)18-35(17-9-16-32-27(30)31)26(39)20-12-5-2-6-13-20/h1-6,10-13,21,23H,7-9,14-18,28H2,(H2,29,37)(H,33,36)(H,34,38)(H4,30,31,32)/t21-,23+/m0/s1. The van der Waals surface area contributed by atoms with E-state index < -0.39 is 29.8 Å². The van der Waals surface area contributed by atoms with Gasteiger partial charge in [-0.25, -0.2) is 0 Å². The van der Waals surface area contributed by atoms with Gasteiger partial charge in [0, 0.05) is 18.7 Å². The highest BCUT2D eigenvalue weighted by atomic mass is 16.2. The van der Waals surface area contributed by atoms with E-state index in [0.29, 0.717) is 36.9 Å². The lowest BCUT2D eigenvalue weighted by molar-refractivity contribution is -0.131. The summed E-state index contributed by atoms with van der Waals surface area (Å²) in [6.07, 6.45) is 1.90. The van der Waals surface area contributed by atoms with Crippen molar-refractivity contribution < 1.29 is 19.2 Å². The van der Waals surface area contributed by atoms with Gasteiger partial charge in [-0.1, -0.05) is 48.5 Å². The van der Waals surface area contributed by atoms with E-state index in [9.17, 15) is 19.2 Å². The predicted octanol–water partition coefficient (Wildman–Crippen LogP) is -0.251. The van der Waals surface area contributed by atoms with E-state index in [1.807, 2.05) is 0 Å². The molecule has 2 atom stereocenters. The molecule has 0 heterocycles. The number of unbranched alkanes of at least 4 members (excludes halogenated alkanes) is 1. The third kappa shape index (κ3) is 10.8. The first kappa shape index (κ1) is 30.8. The molecule has 0 aromatic heterocycles. The lowest BCUT2D eigenvalue weighted by Gasteiger charge is -2.25. The van der Waals surface area contributed by atoms with Gasteiger partial charge in [-0.15, -0.1) is 0 Å². The Kier molecular flexibility index (Phi) is 12.9. The van der Waals surface area contributed by atoms with Gasteiger partial charge < -0.3 is 38.5 Å². The number of rotatable bonds is 16. The van der Waals surface area contributed by atoms with E-state index in [0.717, 1.165) is 0 Å². The Bertz CT molecular complexity index is 1110. The van der Waals surface area contributed by atoms with Crippen LogP contribution in [-0.4, -0.2) is 66.7 Å². The third-order valence-electron chi connectivity index (χ3n) is 5.83. The number of nitrogens with two attached hydrogens (primary N) is 4. The van der Waals surface area contributed by atoms with Gasteiger partial charge in [0.05, 0.1) is 6.54 Å². The van der Waals surface area contributed by atoms with Crippen LogP contribution in [-0.2, 0) is 14.4 Å². The largest absolute Gasteiger partial charge is 0.370 e. The van der Waals surface area contributed by atoms with Crippen LogP contribution in [0.1, 0.15) is 47.6 Å². The van der Waals surface area contributed by atoms with E-state index in [4.69, 9.17) is 22.9 Å². The van der Waals surface area contributed by atoms with Gasteiger partial charge >= 0.3 is 0 Å². The van der Waals surface area contributed by atoms with Crippen molar-refractivity contribution in [2.24, 2.45) is 27.9 Å². The number of nitrogens with one attached hydrogen (secondary N) is 2. The van der Waals surface area contributed by atoms with Crippen molar-refractivity contribution >= 4 is 29.6 Å². The Balaban J connectivity index is 2.16. The molecule has 12 nitrogen and oxygen atoms in total. The van der Waals surface area contributed by atoms with Crippen molar-refractivity contribution in [2.75, 3.05) is 26.2 Å². The molecule has 0 aliphatic rings. The SMILES string of the molecule is NCCCC[C@H](NC(=O)CN(CCCN=C(N)N)C(=O)c1ccccc1)C(=O)N[C@@H](C(N)=O)c1ccccc1. The number of hydrogen-bond acceptors (Lipinski definition) is 6. The summed E-state index contributed by atoms with van der Waals surface area (Å²) in [5.41, 5.74) is 22.8. The minimum Gasteiger partial charge on any atom is -0.370 e. The molecular weight excluding hydrogens is 500 g/mol. The Labute approximate surface area is 228 Å². The second-order valence-electron chi connectivity index (χ2n) is 8.91. The molecule has 0 aliphatic heterocycles. The first-order valence-electron chi connectivity index (χ1n) is 12.8. The Morgan fingerprint density at radius 3 is 2.08 bits per heavy atom. The van der Waals surface area contributed by atoms with Gasteiger partial charge in [0.1, 0.15) is 12.1 Å².